The van der Waals surface area contributed by atoms with E-state index in [0.717, 1.165) is 22.5 Å². The molecule has 0 saturated carbocycles. The smallest absolute Gasteiger partial charge is 0.255 e. The summed E-state index contributed by atoms with van der Waals surface area (Å²) in [4.78, 5) is 25.6. The normalized spacial score (nSPS) is 10.5. The number of carbonyl (C=O) groups excluding carboxylic acids is 1. The Balaban J connectivity index is 1.56. The van der Waals surface area contributed by atoms with Crippen molar-refractivity contribution in [3.05, 3.63) is 95.4 Å². The largest absolute Gasteiger partial charge is 0.324 e. The Morgan fingerprint density at radius 3 is 2.70 bits per heavy atom. The van der Waals surface area contributed by atoms with Crippen molar-refractivity contribution in [2.75, 3.05) is 10.6 Å². The average Bonchev–Trinajstić information content (AvgIpc) is 2.76. The molecule has 0 bridgehead atoms. The monoisotopic (exact) mass is 415 g/mol. The van der Waals surface area contributed by atoms with Gasteiger partial charge >= 0.3 is 0 Å². The van der Waals surface area contributed by atoms with E-state index in [1.54, 1.807) is 55.0 Å². The summed E-state index contributed by atoms with van der Waals surface area (Å²) in [6.45, 7) is 1.95. The van der Waals surface area contributed by atoms with Crippen LogP contribution < -0.4 is 10.6 Å². The van der Waals surface area contributed by atoms with Crippen LogP contribution in [0.25, 0.3) is 11.3 Å². The average molecular weight is 416 g/mol. The minimum absolute atomic E-state index is 0.231. The highest BCUT2D eigenvalue weighted by Crippen LogP contribution is 2.23. The van der Waals surface area contributed by atoms with E-state index in [-0.39, 0.29) is 5.91 Å². The van der Waals surface area contributed by atoms with E-state index in [1.807, 2.05) is 31.2 Å². The number of hydrogen-bond donors (Lipinski definition) is 2. The number of amides is 1. The van der Waals surface area contributed by atoms with Gasteiger partial charge in [-0.05, 0) is 61.0 Å². The molecule has 6 nitrogen and oxygen atoms in total. The second-order valence-corrected chi connectivity index (χ2v) is 7.06. The van der Waals surface area contributed by atoms with E-state index in [0.29, 0.717) is 22.2 Å². The zero-order valence-corrected chi connectivity index (χ0v) is 16.9. The minimum atomic E-state index is -0.231. The minimum Gasteiger partial charge on any atom is -0.324 e. The zero-order chi connectivity index (χ0) is 20.9. The van der Waals surface area contributed by atoms with Crippen LogP contribution in [0.4, 0.5) is 17.3 Å². The van der Waals surface area contributed by atoms with Crippen LogP contribution in [-0.2, 0) is 0 Å². The molecule has 0 aliphatic carbocycles. The fraction of sp³-hybridized carbons (Fsp3) is 0.0435. The highest BCUT2D eigenvalue weighted by Gasteiger charge is 2.10. The van der Waals surface area contributed by atoms with Crippen LogP contribution in [0.2, 0.25) is 5.02 Å². The maximum absolute atomic E-state index is 12.7. The first kappa shape index (κ1) is 19.5. The number of hydrogen-bond acceptors (Lipinski definition) is 5. The molecule has 0 aliphatic rings. The Kier molecular flexibility index (Phi) is 5.68. The Hall–Kier alpha value is -3.77. The topological polar surface area (TPSA) is 79.8 Å². The molecule has 0 radical (unpaired) electrons. The van der Waals surface area contributed by atoms with Gasteiger partial charge in [0.05, 0.1) is 5.69 Å². The molecule has 30 heavy (non-hydrogen) atoms. The van der Waals surface area contributed by atoms with Crippen molar-refractivity contribution in [3.63, 3.8) is 0 Å². The van der Waals surface area contributed by atoms with Crippen molar-refractivity contribution in [1.82, 2.24) is 15.0 Å². The highest BCUT2D eigenvalue weighted by atomic mass is 35.5. The van der Waals surface area contributed by atoms with Gasteiger partial charge in [0, 0.05) is 46.1 Å². The molecule has 0 unspecified atom stereocenters. The number of benzene rings is 2. The number of pyridine rings is 1. The van der Waals surface area contributed by atoms with Crippen LogP contribution >= 0.6 is 11.6 Å². The van der Waals surface area contributed by atoms with Gasteiger partial charge in [-0.1, -0.05) is 23.7 Å². The molecular weight excluding hydrogens is 398 g/mol. The lowest BCUT2D eigenvalue weighted by atomic mass is 10.1. The van der Waals surface area contributed by atoms with Gasteiger partial charge in [0.1, 0.15) is 0 Å². The molecule has 7 heteroatoms. The maximum atomic E-state index is 12.7. The van der Waals surface area contributed by atoms with Gasteiger partial charge in [-0.2, -0.15) is 0 Å². The summed E-state index contributed by atoms with van der Waals surface area (Å²) >= 11 is 5.99. The summed E-state index contributed by atoms with van der Waals surface area (Å²) in [7, 11) is 0. The predicted molar refractivity (Wildman–Crippen MR) is 119 cm³/mol. The molecule has 0 fully saturated rings. The summed E-state index contributed by atoms with van der Waals surface area (Å²) in [5, 5.41) is 6.62. The molecule has 2 aromatic heterocycles. The molecule has 0 aliphatic heterocycles. The first-order valence-electron chi connectivity index (χ1n) is 9.26. The summed E-state index contributed by atoms with van der Waals surface area (Å²) < 4.78 is 0. The van der Waals surface area contributed by atoms with Crippen molar-refractivity contribution in [2.24, 2.45) is 0 Å². The Labute approximate surface area is 179 Å². The van der Waals surface area contributed by atoms with Crippen LogP contribution in [0.15, 0.2) is 79.3 Å². The van der Waals surface area contributed by atoms with Crippen molar-refractivity contribution >= 4 is 34.8 Å². The molecule has 0 atom stereocenters. The van der Waals surface area contributed by atoms with Crippen molar-refractivity contribution in [2.45, 2.75) is 6.92 Å². The van der Waals surface area contributed by atoms with Crippen LogP contribution in [0.5, 0.6) is 0 Å². The van der Waals surface area contributed by atoms with Gasteiger partial charge in [-0.25, -0.2) is 9.97 Å². The summed E-state index contributed by atoms with van der Waals surface area (Å²) in [5.41, 5.74) is 4.51. The molecule has 148 valence electrons. The van der Waals surface area contributed by atoms with Gasteiger partial charge in [0.15, 0.2) is 0 Å². The number of rotatable bonds is 5. The van der Waals surface area contributed by atoms with Gasteiger partial charge in [0.2, 0.25) is 5.95 Å². The summed E-state index contributed by atoms with van der Waals surface area (Å²) in [5.74, 6) is 0.206. The third-order valence-corrected chi connectivity index (χ3v) is 4.68. The number of aryl methyl sites for hydroxylation is 1. The Morgan fingerprint density at radius 2 is 1.90 bits per heavy atom. The second-order valence-electron chi connectivity index (χ2n) is 6.63. The molecule has 2 aromatic carbocycles. The van der Waals surface area contributed by atoms with E-state index < -0.39 is 0 Å². The predicted octanol–water partition coefficient (Wildman–Crippen LogP) is 5.50. The van der Waals surface area contributed by atoms with Gasteiger partial charge in [0.25, 0.3) is 5.91 Å². The number of carbonyl (C=O) groups is 1. The molecule has 4 rings (SSSR count). The maximum Gasteiger partial charge on any atom is 0.255 e. The molecule has 1 amide bonds. The third kappa shape index (κ3) is 4.61. The molecular formula is C23H18ClN5O. The van der Waals surface area contributed by atoms with Gasteiger partial charge in [-0.15, -0.1) is 0 Å². The fourth-order valence-corrected chi connectivity index (χ4v) is 3.07. The lowest BCUT2D eigenvalue weighted by Crippen LogP contribution is -2.12. The SMILES string of the molecule is Cc1ccc(C(=O)Nc2cccc(Cl)c2)cc1Nc1nccc(-c2cccnc2)n1. The zero-order valence-electron chi connectivity index (χ0n) is 16.1. The second kappa shape index (κ2) is 8.71. The number of aromatic nitrogens is 3. The van der Waals surface area contributed by atoms with E-state index in [2.05, 4.69) is 25.6 Å². The number of anilines is 3. The third-order valence-electron chi connectivity index (χ3n) is 4.44. The quantitative estimate of drug-likeness (QED) is 0.450. The van der Waals surface area contributed by atoms with Gasteiger partial charge < -0.3 is 10.6 Å². The fourth-order valence-electron chi connectivity index (χ4n) is 2.88. The molecule has 0 saturated heterocycles. The van der Waals surface area contributed by atoms with E-state index in [9.17, 15) is 4.79 Å². The molecule has 2 heterocycles. The lowest BCUT2D eigenvalue weighted by molar-refractivity contribution is 0.102. The number of nitrogens with zero attached hydrogens (tertiary/aromatic N) is 3. The molecule has 2 N–H and O–H groups in total. The van der Waals surface area contributed by atoms with Crippen molar-refractivity contribution in [1.29, 1.82) is 0 Å². The Bertz CT molecular complexity index is 1200. The van der Waals surface area contributed by atoms with Crippen LogP contribution in [0.3, 0.4) is 0 Å². The van der Waals surface area contributed by atoms with Crippen molar-refractivity contribution < 1.29 is 4.79 Å². The first-order valence-corrected chi connectivity index (χ1v) is 9.64. The lowest BCUT2D eigenvalue weighted by Gasteiger charge is -2.12. The number of nitrogens with one attached hydrogen (secondary N) is 2. The van der Waals surface area contributed by atoms with Gasteiger partial charge in [-0.3, -0.25) is 9.78 Å². The van der Waals surface area contributed by atoms with E-state index >= 15 is 0 Å². The molecule has 4 aromatic rings. The van der Waals surface area contributed by atoms with E-state index in [4.69, 9.17) is 11.6 Å². The molecule has 0 spiro atoms. The Morgan fingerprint density at radius 1 is 1.00 bits per heavy atom. The van der Waals surface area contributed by atoms with Crippen molar-refractivity contribution in [3.8, 4) is 11.3 Å². The summed E-state index contributed by atoms with van der Waals surface area (Å²) in [6, 6.07) is 18.1. The van der Waals surface area contributed by atoms with E-state index in [1.165, 1.54) is 0 Å². The van der Waals surface area contributed by atoms with Crippen LogP contribution in [0, 0.1) is 6.92 Å². The summed E-state index contributed by atoms with van der Waals surface area (Å²) in [6.07, 6.45) is 5.15. The van der Waals surface area contributed by atoms with Crippen LogP contribution in [-0.4, -0.2) is 20.9 Å². The standard InChI is InChI=1S/C23H18ClN5O/c1-15-7-8-16(22(30)27-19-6-2-5-18(24)13-19)12-21(15)29-23-26-11-9-20(28-23)17-4-3-10-25-14-17/h2-14H,1H3,(H,27,30)(H,26,28,29). The van der Waals surface area contributed by atoms with Crippen LogP contribution in [0.1, 0.15) is 15.9 Å². The number of halogens is 1. The highest BCUT2D eigenvalue weighted by molar-refractivity contribution is 6.31. The first-order chi connectivity index (χ1) is 14.6.